The number of hydrogen-bond donors (Lipinski definition) is 0. The fraction of sp³-hybridized carbons (Fsp3) is 0.294. The number of hydrogen-bond acceptors (Lipinski definition) is 1. The Hall–Kier alpha value is -1.35. The Morgan fingerprint density at radius 2 is 1.60 bits per heavy atom. The van der Waals surface area contributed by atoms with Crippen LogP contribution in [0.4, 0.5) is 4.39 Å². The fourth-order valence-electron chi connectivity index (χ4n) is 1.97. The molecule has 1 atom stereocenters. The molecule has 0 amide bonds. The van der Waals surface area contributed by atoms with E-state index in [2.05, 4.69) is 28.1 Å². The van der Waals surface area contributed by atoms with Crippen LogP contribution in [0.3, 0.4) is 0 Å². The highest BCUT2D eigenvalue weighted by Gasteiger charge is 2.09. The highest BCUT2D eigenvalue weighted by atomic mass is 79.9. The van der Waals surface area contributed by atoms with Crippen LogP contribution in [-0.4, -0.2) is 6.10 Å². The number of alkyl halides is 1. The lowest BCUT2D eigenvalue weighted by molar-refractivity contribution is 0.242. The molecule has 2 aromatic carbocycles. The molecule has 0 bridgehead atoms. The van der Waals surface area contributed by atoms with Crippen LogP contribution in [0.2, 0.25) is 0 Å². The van der Waals surface area contributed by atoms with Crippen molar-refractivity contribution in [2.75, 3.05) is 0 Å². The van der Waals surface area contributed by atoms with Gasteiger partial charge in [-0.05, 0) is 55.7 Å². The van der Waals surface area contributed by atoms with E-state index in [0.717, 1.165) is 17.7 Å². The maximum absolute atomic E-state index is 12.9. The van der Waals surface area contributed by atoms with Crippen LogP contribution >= 0.6 is 15.9 Å². The van der Waals surface area contributed by atoms with E-state index < -0.39 is 0 Å². The van der Waals surface area contributed by atoms with Crippen molar-refractivity contribution < 1.29 is 9.13 Å². The summed E-state index contributed by atoms with van der Waals surface area (Å²) in [5, 5.41) is 0. The topological polar surface area (TPSA) is 9.23 Å². The van der Waals surface area contributed by atoms with Crippen molar-refractivity contribution in [1.29, 1.82) is 0 Å². The summed E-state index contributed by atoms with van der Waals surface area (Å²) in [7, 11) is 0. The molecule has 0 fully saturated rings. The largest absolute Gasteiger partial charge is 0.491 e. The molecule has 1 nitrogen and oxygen atoms in total. The SMILES string of the molecule is CC(C)Oc1ccc(C(Br)Cc2ccc(F)cc2)cc1. The van der Waals surface area contributed by atoms with Gasteiger partial charge in [0.25, 0.3) is 0 Å². The van der Waals surface area contributed by atoms with Crippen LogP contribution in [0.1, 0.15) is 29.8 Å². The third-order valence-corrected chi connectivity index (χ3v) is 3.79. The molecule has 0 saturated carbocycles. The Morgan fingerprint density at radius 1 is 1.00 bits per heavy atom. The van der Waals surface area contributed by atoms with E-state index in [1.54, 1.807) is 0 Å². The first-order valence-corrected chi connectivity index (χ1v) is 7.61. The molecule has 3 heteroatoms. The molecule has 0 aromatic heterocycles. The van der Waals surface area contributed by atoms with Gasteiger partial charge in [-0.15, -0.1) is 0 Å². The molecule has 0 aliphatic carbocycles. The monoisotopic (exact) mass is 336 g/mol. The molecule has 0 aliphatic heterocycles. The summed E-state index contributed by atoms with van der Waals surface area (Å²) in [5.74, 6) is 0.681. The summed E-state index contributed by atoms with van der Waals surface area (Å²) in [4.78, 5) is 0.209. The number of halogens is 2. The summed E-state index contributed by atoms with van der Waals surface area (Å²) in [6.07, 6.45) is 1.00. The van der Waals surface area contributed by atoms with Gasteiger partial charge in [-0.2, -0.15) is 0 Å². The molecule has 0 heterocycles. The lowest BCUT2D eigenvalue weighted by Crippen LogP contribution is -2.05. The number of rotatable bonds is 5. The van der Waals surface area contributed by atoms with Gasteiger partial charge < -0.3 is 4.74 Å². The van der Waals surface area contributed by atoms with Crippen LogP contribution in [0, 0.1) is 5.82 Å². The van der Waals surface area contributed by atoms with Crippen molar-refractivity contribution in [2.24, 2.45) is 0 Å². The van der Waals surface area contributed by atoms with Gasteiger partial charge in [0.15, 0.2) is 0 Å². The Bertz CT molecular complexity index is 534. The van der Waals surface area contributed by atoms with E-state index in [9.17, 15) is 4.39 Å². The second-order valence-corrected chi connectivity index (χ2v) is 6.14. The predicted octanol–water partition coefficient (Wildman–Crippen LogP) is 5.29. The van der Waals surface area contributed by atoms with Crippen molar-refractivity contribution >= 4 is 15.9 Å². The predicted molar refractivity (Wildman–Crippen MR) is 84.0 cm³/mol. The van der Waals surface area contributed by atoms with E-state index in [4.69, 9.17) is 4.74 Å². The first-order valence-electron chi connectivity index (χ1n) is 6.69. The van der Waals surface area contributed by atoms with Gasteiger partial charge >= 0.3 is 0 Å². The van der Waals surface area contributed by atoms with Gasteiger partial charge in [-0.3, -0.25) is 0 Å². The summed E-state index contributed by atoms with van der Waals surface area (Å²) in [6.45, 7) is 4.02. The lowest BCUT2D eigenvalue weighted by Gasteiger charge is -2.13. The van der Waals surface area contributed by atoms with Crippen LogP contribution in [0.25, 0.3) is 0 Å². The Balaban J connectivity index is 2.01. The van der Waals surface area contributed by atoms with E-state index in [1.165, 1.54) is 17.7 Å². The van der Waals surface area contributed by atoms with Crippen molar-refractivity contribution in [3.8, 4) is 5.75 Å². The molecule has 0 N–H and O–H groups in total. The first-order chi connectivity index (χ1) is 9.54. The quantitative estimate of drug-likeness (QED) is 0.674. The minimum atomic E-state index is -0.199. The second-order valence-electron chi connectivity index (χ2n) is 5.03. The molecule has 20 heavy (non-hydrogen) atoms. The minimum absolute atomic E-state index is 0.180. The van der Waals surface area contributed by atoms with Gasteiger partial charge in [0.05, 0.1) is 6.10 Å². The maximum Gasteiger partial charge on any atom is 0.123 e. The standard InChI is InChI=1S/C17H18BrFO/c1-12(2)20-16-9-5-14(6-10-16)17(18)11-13-3-7-15(19)8-4-13/h3-10,12,17H,11H2,1-2H3. The van der Waals surface area contributed by atoms with E-state index in [1.807, 2.05) is 38.1 Å². The van der Waals surface area contributed by atoms with Crippen LogP contribution in [0.15, 0.2) is 48.5 Å². The normalized spacial score (nSPS) is 12.4. The second kappa shape index (κ2) is 6.89. The highest BCUT2D eigenvalue weighted by Crippen LogP contribution is 2.28. The summed E-state index contributed by atoms with van der Waals surface area (Å²) >= 11 is 3.68. The molecule has 2 aromatic rings. The smallest absolute Gasteiger partial charge is 0.123 e. The van der Waals surface area contributed by atoms with E-state index >= 15 is 0 Å². The third kappa shape index (κ3) is 4.34. The Labute approximate surface area is 127 Å². The summed E-state index contributed by atoms with van der Waals surface area (Å²) < 4.78 is 18.5. The van der Waals surface area contributed by atoms with Gasteiger partial charge in [0.2, 0.25) is 0 Å². The van der Waals surface area contributed by atoms with Crippen LogP contribution in [-0.2, 0) is 6.42 Å². The fourth-order valence-corrected chi connectivity index (χ4v) is 2.65. The molecular weight excluding hydrogens is 319 g/mol. The molecule has 0 spiro atoms. The van der Waals surface area contributed by atoms with Crippen molar-refractivity contribution in [1.82, 2.24) is 0 Å². The third-order valence-electron chi connectivity index (χ3n) is 2.94. The van der Waals surface area contributed by atoms with E-state index in [0.29, 0.717) is 0 Å². The highest BCUT2D eigenvalue weighted by molar-refractivity contribution is 9.09. The molecule has 106 valence electrons. The molecule has 1 unspecified atom stereocenters. The minimum Gasteiger partial charge on any atom is -0.491 e. The van der Waals surface area contributed by atoms with Gasteiger partial charge in [0.1, 0.15) is 11.6 Å². The zero-order valence-corrected chi connectivity index (χ0v) is 13.2. The van der Waals surface area contributed by atoms with Crippen molar-refractivity contribution in [3.63, 3.8) is 0 Å². The Kier molecular flexibility index (Phi) is 5.18. The number of benzene rings is 2. The molecule has 0 aliphatic rings. The van der Waals surface area contributed by atoms with Crippen molar-refractivity contribution in [2.45, 2.75) is 31.2 Å². The maximum atomic E-state index is 12.9. The van der Waals surface area contributed by atoms with Crippen LogP contribution < -0.4 is 4.74 Å². The lowest BCUT2D eigenvalue weighted by atomic mass is 10.0. The first kappa shape index (κ1) is 15.0. The number of ether oxygens (including phenoxy) is 1. The average molecular weight is 337 g/mol. The Morgan fingerprint density at radius 3 is 2.15 bits per heavy atom. The van der Waals surface area contributed by atoms with Crippen molar-refractivity contribution in [3.05, 3.63) is 65.5 Å². The van der Waals surface area contributed by atoms with Gasteiger partial charge in [-0.25, -0.2) is 4.39 Å². The molecule has 0 radical (unpaired) electrons. The molecular formula is C17H18BrFO. The van der Waals surface area contributed by atoms with Crippen LogP contribution in [0.5, 0.6) is 5.75 Å². The average Bonchev–Trinajstić information content (AvgIpc) is 2.41. The summed E-state index contributed by atoms with van der Waals surface area (Å²) in [6, 6.07) is 14.7. The molecule has 2 rings (SSSR count). The van der Waals surface area contributed by atoms with E-state index in [-0.39, 0.29) is 16.7 Å². The zero-order chi connectivity index (χ0) is 14.5. The summed E-state index contributed by atoms with van der Waals surface area (Å²) in [5.41, 5.74) is 2.29. The van der Waals surface area contributed by atoms with Gasteiger partial charge in [-0.1, -0.05) is 40.2 Å². The van der Waals surface area contributed by atoms with Gasteiger partial charge in [0, 0.05) is 4.83 Å². The zero-order valence-electron chi connectivity index (χ0n) is 11.6. The molecule has 0 saturated heterocycles.